The van der Waals surface area contributed by atoms with Gasteiger partial charge in [0.25, 0.3) is 5.91 Å². The number of hydrogen-bond donors (Lipinski definition) is 0. The number of anilines is 1. The maximum absolute atomic E-state index is 13.9. The summed E-state index contributed by atoms with van der Waals surface area (Å²) in [5, 5.41) is 8.18. The molecule has 0 aliphatic carbocycles. The van der Waals surface area contributed by atoms with E-state index in [0.717, 1.165) is 55.4 Å². The van der Waals surface area contributed by atoms with Crippen molar-refractivity contribution in [1.82, 2.24) is 24.6 Å². The molecule has 216 valence electrons. The smallest absolute Gasteiger partial charge is 0.379 e. The highest BCUT2D eigenvalue weighted by Crippen LogP contribution is 2.40. The summed E-state index contributed by atoms with van der Waals surface area (Å²) in [5.41, 5.74) is 1.14. The summed E-state index contributed by atoms with van der Waals surface area (Å²) in [7, 11) is 1.88. The minimum absolute atomic E-state index is 0.0179. The molecule has 0 N–H and O–H groups in total. The number of hydrogen-bond acceptors (Lipinski definition) is 7. The lowest BCUT2D eigenvalue weighted by molar-refractivity contribution is -0.141. The standard InChI is InChI=1S/C29H31F3N6O3/c1-36-18-33-35-25(36)12-27(16-40-17-27)21-4-3-20-14-38(26(39)22(20)11-21)24-10-19(9-23(34-24)29(30,31)32)13-37-7-6-28(15-37)5-2-8-41-28/h3-4,9-11,18H,2,5-8,12-17H2,1H3. The van der Waals surface area contributed by atoms with E-state index in [2.05, 4.69) is 20.1 Å². The Morgan fingerprint density at radius 2 is 1.98 bits per heavy atom. The van der Waals surface area contributed by atoms with Crippen molar-refractivity contribution in [3.63, 3.8) is 0 Å². The first-order valence-electron chi connectivity index (χ1n) is 13.9. The first kappa shape index (κ1) is 26.5. The molecule has 1 spiro atoms. The monoisotopic (exact) mass is 568 g/mol. The van der Waals surface area contributed by atoms with Crippen molar-refractivity contribution in [2.75, 3.05) is 37.8 Å². The number of alkyl halides is 3. The van der Waals surface area contributed by atoms with E-state index in [-0.39, 0.29) is 29.3 Å². The third kappa shape index (κ3) is 4.71. The molecule has 3 saturated heterocycles. The Kier molecular flexibility index (Phi) is 6.22. The Bertz CT molecular complexity index is 1500. The lowest BCUT2D eigenvalue weighted by atomic mass is 9.75. The minimum Gasteiger partial charge on any atom is -0.379 e. The van der Waals surface area contributed by atoms with Gasteiger partial charge in [0.1, 0.15) is 23.7 Å². The summed E-state index contributed by atoms with van der Waals surface area (Å²) in [5.74, 6) is 0.475. The Labute approximate surface area is 235 Å². The topological polar surface area (TPSA) is 85.6 Å². The Morgan fingerprint density at radius 1 is 1.12 bits per heavy atom. The molecule has 3 fully saturated rings. The van der Waals surface area contributed by atoms with Gasteiger partial charge in [-0.2, -0.15) is 13.2 Å². The third-order valence-electron chi connectivity index (χ3n) is 9.01. The second kappa shape index (κ2) is 9.60. The van der Waals surface area contributed by atoms with Crippen LogP contribution in [0.5, 0.6) is 0 Å². The molecular formula is C29H31F3N6O3. The number of fused-ring (bicyclic) bond motifs is 1. The lowest BCUT2D eigenvalue weighted by Gasteiger charge is -2.41. The Balaban J connectivity index is 1.16. The molecule has 1 amide bonds. The van der Waals surface area contributed by atoms with Crippen molar-refractivity contribution in [2.24, 2.45) is 7.05 Å². The molecular weight excluding hydrogens is 537 g/mol. The average Bonchev–Trinajstić information content (AvgIpc) is 3.71. The molecule has 7 rings (SSSR count). The van der Waals surface area contributed by atoms with Gasteiger partial charge in [0.2, 0.25) is 0 Å². The quantitative estimate of drug-likeness (QED) is 0.449. The van der Waals surface area contributed by atoms with Crippen molar-refractivity contribution < 1.29 is 27.4 Å². The molecule has 4 aliphatic heterocycles. The van der Waals surface area contributed by atoms with Gasteiger partial charge in [-0.15, -0.1) is 10.2 Å². The van der Waals surface area contributed by atoms with E-state index in [1.807, 2.05) is 29.8 Å². The fourth-order valence-electron chi connectivity index (χ4n) is 6.65. The van der Waals surface area contributed by atoms with Gasteiger partial charge in [-0.25, -0.2) is 4.98 Å². The van der Waals surface area contributed by atoms with Gasteiger partial charge < -0.3 is 14.0 Å². The molecule has 6 heterocycles. The summed E-state index contributed by atoms with van der Waals surface area (Å²) in [6.45, 7) is 3.66. The summed E-state index contributed by atoms with van der Waals surface area (Å²) in [4.78, 5) is 21.1. The van der Waals surface area contributed by atoms with Gasteiger partial charge in [0.15, 0.2) is 0 Å². The van der Waals surface area contributed by atoms with Crippen molar-refractivity contribution in [3.8, 4) is 0 Å². The molecule has 4 aliphatic rings. The van der Waals surface area contributed by atoms with Crippen LogP contribution in [-0.2, 0) is 47.6 Å². The number of nitrogens with zero attached hydrogens (tertiary/aromatic N) is 6. The number of halogens is 3. The van der Waals surface area contributed by atoms with E-state index in [1.165, 1.54) is 4.90 Å². The normalized spacial score (nSPS) is 23.9. The summed E-state index contributed by atoms with van der Waals surface area (Å²) >= 11 is 0. The Morgan fingerprint density at radius 3 is 2.66 bits per heavy atom. The first-order chi connectivity index (χ1) is 19.6. The van der Waals surface area contributed by atoms with Gasteiger partial charge >= 0.3 is 6.18 Å². The second-order valence-electron chi connectivity index (χ2n) is 11.9. The molecule has 2 aromatic heterocycles. The van der Waals surface area contributed by atoms with Gasteiger partial charge in [-0.1, -0.05) is 12.1 Å². The molecule has 1 atom stereocenters. The number of carbonyl (C=O) groups excluding carboxylic acids is 1. The molecule has 3 aromatic rings. The number of benzene rings is 1. The SMILES string of the molecule is Cn1cnnc1CC1(c2ccc3c(c2)C(=O)N(c2cc(CN4CCC5(CCCO5)C4)cc(C(F)(F)F)n2)C3)COC1. The average molecular weight is 569 g/mol. The molecule has 12 heteroatoms. The van der Waals surface area contributed by atoms with Gasteiger partial charge in [0.05, 0.1) is 25.4 Å². The largest absolute Gasteiger partial charge is 0.433 e. The Hall–Kier alpha value is -3.35. The summed E-state index contributed by atoms with van der Waals surface area (Å²) in [6, 6.07) is 8.45. The van der Waals surface area contributed by atoms with Gasteiger partial charge in [-0.3, -0.25) is 14.6 Å². The molecule has 9 nitrogen and oxygen atoms in total. The van der Waals surface area contributed by atoms with E-state index >= 15 is 0 Å². The maximum Gasteiger partial charge on any atom is 0.433 e. The fourth-order valence-corrected chi connectivity index (χ4v) is 6.65. The zero-order valence-electron chi connectivity index (χ0n) is 22.8. The van der Waals surface area contributed by atoms with Gasteiger partial charge in [-0.05, 0) is 54.2 Å². The molecule has 0 radical (unpaired) electrons. The van der Waals surface area contributed by atoms with E-state index in [1.54, 1.807) is 12.4 Å². The maximum atomic E-state index is 13.9. The molecule has 1 aromatic carbocycles. The summed E-state index contributed by atoms with van der Waals surface area (Å²) < 4.78 is 55.2. The van der Waals surface area contributed by atoms with Crippen LogP contribution in [0.3, 0.4) is 0 Å². The predicted molar refractivity (Wildman–Crippen MR) is 141 cm³/mol. The van der Waals surface area contributed by atoms with E-state index < -0.39 is 11.9 Å². The molecule has 1 unspecified atom stereocenters. The van der Waals surface area contributed by atoms with Crippen LogP contribution in [0.4, 0.5) is 19.0 Å². The van der Waals surface area contributed by atoms with Gasteiger partial charge in [0, 0.05) is 50.7 Å². The lowest BCUT2D eigenvalue weighted by Crippen LogP contribution is -2.49. The van der Waals surface area contributed by atoms with Crippen LogP contribution < -0.4 is 4.90 Å². The van der Waals surface area contributed by atoms with Crippen LogP contribution in [0.1, 0.15) is 57.8 Å². The number of aryl methyl sites for hydroxylation is 1. The van der Waals surface area contributed by atoms with Crippen LogP contribution in [0.2, 0.25) is 0 Å². The van der Waals surface area contributed by atoms with E-state index in [4.69, 9.17) is 9.47 Å². The van der Waals surface area contributed by atoms with E-state index in [0.29, 0.717) is 43.9 Å². The van der Waals surface area contributed by atoms with Crippen LogP contribution in [0.15, 0.2) is 36.7 Å². The predicted octanol–water partition coefficient (Wildman–Crippen LogP) is 3.65. The van der Waals surface area contributed by atoms with Crippen LogP contribution in [0.25, 0.3) is 0 Å². The molecule has 41 heavy (non-hydrogen) atoms. The minimum atomic E-state index is -4.63. The highest BCUT2D eigenvalue weighted by molar-refractivity contribution is 6.09. The number of aromatic nitrogens is 4. The number of carbonyl (C=O) groups is 1. The molecule has 0 bridgehead atoms. The highest BCUT2D eigenvalue weighted by atomic mass is 19.4. The second-order valence-corrected chi connectivity index (χ2v) is 11.9. The van der Waals surface area contributed by atoms with Crippen molar-refractivity contribution in [2.45, 2.75) is 56.0 Å². The number of amides is 1. The van der Waals surface area contributed by atoms with Crippen molar-refractivity contribution in [3.05, 3.63) is 70.4 Å². The number of likely N-dealkylation sites (tertiary alicyclic amines) is 1. The summed E-state index contributed by atoms with van der Waals surface area (Å²) in [6.07, 6.45) is 0.481. The van der Waals surface area contributed by atoms with E-state index in [9.17, 15) is 18.0 Å². The third-order valence-corrected chi connectivity index (χ3v) is 9.01. The van der Waals surface area contributed by atoms with Crippen LogP contribution in [0, 0.1) is 0 Å². The number of pyridine rings is 1. The first-order valence-corrected chi connectivity index (χ1v) is 13.9. The van der Waals surface area contributed by atoms with Crippen molar-refractivity contribution >= 4 is 11.7 Å². The number of rotatable bonds is 6. The van der Waals surface area contributed by atoms with Crippen molar-refractivity contribution in [1.29, 1.82) is 0 Å². The zero-order valence-corrected chi connectivity index (χ0v) is 22.8. The number of ether oxygens (including phenoxy) is 2. The van der Waals surface area contributed by atoms with Crippen LogP contribution >= 0.6 is 0 Å². The van der Waals surface area contributed by atoms with Crippen LogP contribution in [-0.4, -0.2) is 69.1 Å². The fraction of sp³-hybridized carbons (Fsp3) is 0.517. The molecule has 0 saturated carbocycles. The zero-order chi connectivity index (χ0) is 28.4. The highest BCUT2D eigenvalue weighted by Gasteiger charge is 2.44.